The highest BCUT2D eigenvalue weighted by atomic mass is 127. The summed E-state index contributed by atoms with van der Waals surface area (Å²) in [4.78, 5) is 19.3. The van der Waals surface area contributed by atoms with Crippen LogP contribution in [0.1, 0.15) is 49.4 Å². The van der Waals surface area contributed by atoms with Gasteiger partial charge in [-0.05, 0) is 63.9 Å². The zero-order valence-electron chi connectivity index (χ0n) is 17.4. The lowest BCUT2D eigenvalue weighted by atomic mass is 9.82. The number of carbonyl (C=O) groups excluding carboxylic acids is 1. The molecule has 1 aromatic carbocycles. The number of halogens is 1. The second kappa shape index (κ2) is 11.6. The molecule has 2 saturated heterocycles. The third kappa shape index (κ3) is 6.74. The molecule has 162 valence electrons. The van der Waals surface area contributed by atoms with E-state index in [1.54, 1.807) is 12.1 Å². The molecule has 0 aliphatic carbocycles. The summed E-state index contributed by atoms with van der Waals surface area (Å²) < 4.78 is 0. The van der Waals surface area contributed by atoms with Crippen molar-refractivity contribution < 1.29 is 9.90 Å². The average Bonchev–Trinajstić information content (AvgIpc) is 2.66. The highest BCUT2D eigenvalue weighted by molar-refractivity contribution is 14.0. The van der Waals surface area contributed by atoms with Crippen molar-refractivity contribution in [2.75, 3.05) is 26.7 Å². The SMILES string of the molecule is CCNC(=NCCNC(=O)c1ccc(O)cc1)NC1CC2CCCC(C1)N2C.I. The first-order valence-corrected chi connectivity index (χ1v) is 10.4. The van der Waals surface area contributed by atoms with Crippen molar-refractivity contribution in [3.8, 4) is 5.75 Å². The summed E-state index contributed by atoms with van der Waals surface area (Å²) in [5.74, 6) is 0.825. The number of amides is 1. The van der Waals surface area contributed by atoms with Crippen LogP contribution in [0.5, 0.6) is 5.75 Å². The number of aromatic hydroxyl groups is 1. The molecule has 2 fully saturated rings. The topological polar surface area (TPSA) is 89.0 Å². The fourth-order valence-corrected chi connectivity index (χ4v) is 4.30. The van der Waals surface area contributed by atoms with Crippen LogP contribution in [0.4, 0.5) is 0 Å². The lowest BCUT2D eigenvalue weighted by Gasteiger charge is -2.47. The first kappa shape index (κ1) is 23.7. The molecule has 8 heteroatoms. The number of carbonyl (C=O) groups is 1. The highest BCUT2D eigenvalue weighted by Gasteiger charge is 2.36. The van der Waals surface area contributed by atoms with Crippen LogP contribution in [0.25, 0.3) is 0 Å². The molecule has 2 bridgehead atoms. The number of hydrogen-bond donors (Lipinski definition) is 4. The van der Waals surface area contributed by atoms with Crippen molar-refractivity contribution >= 4 is 35.8 Å². The van der Waals surface area contributed by atoms with E-state index >= 15 is 0 Å². The summed E-state index contributed by atoms with van der Waals surface area (Å²) in [6, 6.07) is 8.05. The van der Waals surface area contributed by atoms with Gasteiger partial charge in [0.1, 0.15) is 5.75 Å². The van der Waals surface area contributed by atoms with Gasteiger partial charge in [0.05, 0.1) is 6.54 Å². The number of guanidine groups is 1. The normalized spacial score (nSPS) is 24.3. The minimum atomic E-state index is -0.156. The van der Waals surface area contributed by atoms with Gasteiger partial charge in [-0.15, -0.1) is 24.0 Å². The fourth-order valence-electron chi connectivity index (χ4n) is 4.30. The molecule has 4 N–H and O–H groups in total. The molecule has 3 rings (SSSR count). The number of phenols is 1. The molecule has 2 heterocycles. The Morgan fingerprint density at radius 2 is 1.83 bits per heavy atom. The Bertz CT molecular complexity index is 668. The van der Waals surface area contributed by atoms with E-state index in [1.165, 1.54) is 31.4 Å². The van der Waals surface area contributed by atoms with Crippen LogP contribution in [0, 0.1) is 0 Å². The van der Waals surface area contributed by atoms with E-state index in [1.807, 2.05) is 0 Å². The van der Waals surface area contributed by atoms with Gasteiger partial charge in [0, 0.05) is 36.8 Å². The van der Waals surface area contributed by atoms with Gasteiger partial charge in [-0.1, -0.05) is 6.42 Å². The molecule has 29 heavy (non-hydrogen) atoms. The minimum absolute atomic E-state index is 0. The van der Waals surface area contributed by atoms with Gasteiger partial charge in [0.25, 0.3) is 5.91 Å². The number of hydrogen-bond acceptors (Lipinski definition) is 4. The molecule has 2 aliphatic rings. The van der Waals surface area contributed by atoms with E-state index in [4.69, 9.17) is 0 Å². The standard InChI is InChI=1S/C21H33N5O2.HI/c1-3-22-21(25-16-13-17-5-4-6-18(14-16)26(17)2)24-12-11-23-20(28)15-7-9-19(27)10-8-15;/h7-10,16-18,27H,3-6,11-14H2,1-2H3,(H,23,28)(H2,22,24,25);1H. The van der Waals surface area contributed by atoms with Crippen molar-refractivity contribution in [3.63, 3.8) is 0 Å². The second-order valence-corrected chi connectivity index (χ2v) is 7.78. The Morgan fingerprint density at radius 3 is 2.45 bits per heavy atom. The van der Waals surface area contributed by atoms with E-state index < -0.39 is 0 Å². The van der Waals surface area contributed by atoms with Gasteiger partial charge in [0.2, 0.25) is 0 Å². The maximum atomic E-state index is 12.1. The summed E-state index contributed by atoms with van der Waals surface area (Å²) in [5, 5.41) is 19.1. The van der Waals surface area contributed by atoms with Gasteiger partial charge >= 0.3 is 0 Å². The van der Waals surface area contributed by atoms with Crippen molar-refractivity contribution in [1.82, 2.24) is 20.9 Å². The molecule has 0 aromatic heterocycles. The predicted octanol–water partition coefficient (Wildman–Crippen LogP) is 2.31. The van der Waals surface area contributed by atoms with Crippen LogP contribution in [0.3, 0.4) is 0 Å². The second-order valence-electron chi connectivity index (χ2n) is 7.78. The summed E-state index contributed by atoms with van der Waals surface area (Å²) in [6.45, 7) is 3.85. The third-order valence-electron chi connectivity index (χ3n) is 5.82. The first-order chi connectivity index (χ1) is 13.6. The quantitative estimate of drug-likeness (QED) is 0.202. The Hall–Kier alpha value is -1.55. The van der Waals surface area contributed by atoms with Crippen LogP contribution >= 0.6 is 24.0 Å². The molecule has 1 aromatic rings. The number of benzene rings is 1. The molecule has 2 aliphatic heterocycles. The maximum Gasteiger partial charge on any atom is 0.251 e. The molecule has 2 atom stereocenters. The van der Waals surface area contributed by atoms with Gasteiger partial charge in [-0.2, -0.15) is 0 Å². The van der Waals surface area contributed by atoms with Crippen LogP contribution in [-0.2, 0) is 0 Å². The number of nitrogens with one attached hydrogen (secondary N) is 3. The van der Waals surface area contributed by atoms with Crippen LogP contribution in [-0.4, -0.2) is 66.7 Å². The van der Waals surface area contributed by atoms with Crippen molar-refractivity contribution in [2.24, 2.45) is 4.99 Å². The Kier molecular flexibility index (Phi) is 9.48. The molecule has 1 amide bonds. The van der Waals surface area contributed by atoms with Crippen molar-refractivity contribution in [3.05, 3.63) is 29.8 Å². The molecule has 0 radical (unpaired) electrons. The smallest absolute Gasteiger partial charge is 0.251 e. The third-order valence-corrected chi connectivity index (χ3v) is 5.82. The van der Waals surface area contributed by atoms with Gasteiger partial charge < -0.3 is 26.0 Å². The Balaban J connectivity index is 0.00000300. The Morgan fingerprint density at radius 1 is 1.17 bits per heavy atom. The monoisotopic (exact) mass is 515 g/mol. The Labute approximate surface area is 190 Å². The number of piperidine rings is 2. The molecular weight excluding hydrogens is 481 g/mol. The van der Waals surface area contributed by atoms with E-state index in [0.29, 0.717) is 36.8 Å². The van der Waals surface area contributed by atoms with E-state index in [0.717, 1.165) is 25.3 Å². The lowest BCUT2D eigenvalue weighted by Crippen LogP contribution is -2.56. The predicted molar refractivity (Wildman–Crippen MR) is 127 cm³/mol. The number of nitrogens with zero attached hydrogens (tertiary/aromatic N) is 2. The summed E-state index contributed by atoms with van der Waals surface area (Å²) in [5.41, 5.74) is 0.532. The summed E-state index contributed by atoms with van der Waals surface area (Å²) in [7, 11) is 2.26. The maximum absolute atomic E-state index is 12.1. The number of aliphatic imine (C=N–C) groups is 1. The molecule has 2 unspecified atom stereocenters. The first-order valence-electron chi connectivity index (χ1n) is 10.4. The average molecular weight is 515 g/mol. The zero-order chi connectivity index (χ0) is 19.9. The summed E-state index contributed by atoms with van der Waals surface area (Å²) in [6.07, 6.45) is 6.26. The van der Waals surface area contributed by atoms with Crippen LogP contribution in [0.2, 0.25) is 0 Å². The highest BCUT2D eigenvalue weighted by Crippen LogP contribution is 2.32. The number of phenolic OH excluding ortho intramolecular Hbond substituents is 1. The molecule has 0 spiro atoms. The summed E-state index contributed by atoms with van der Waals surface area (Å²) >= 11 is 0. The van der Waals surface area contributed by atoms with Gasteiger partial charge in [0.15, 0.2) is 5.96 Å². The zero-order valence-corrected chi connectivity index (χ0v) is 19.7. The van der Waals surface area contributed by atoms with Crippen LogP contribution in [0.15, 0.2) is 29.3 Å². The van der Waals surface area contributed by atoms with E-state index in [9.17, 15) is 9.90 Å². The molecular formula is C21H34IN5O2. The molecule has 0 saturated carbocycles. The minimum Gasteiger partial charge on any atom is -0.508 e. The number of rotatable bonds is 6. The molecule has 7 nitrogen and oxygen atoms in total. The van der Waals surface area contributed by atoms with Crippen molar-refractivity contribution in [1.29, 1.82) is 0 Å². The van der Waals surface area contributed by atoms with Crippen molar-refractivity contribution in [2.45, 2.75) is 57.2 Å². The van der Waals surface area contributed by atoms with Gasteiger partial charge in [-0.25, -0.2) is 0 Å². The van der Waals surface area contributed by atoms with E-state index in [2.05, 4.69) is 39.8 Å². The van der Waals surface area contributed by atoms with Gasteiger partial charge in [-0.3, -0.25) is 9.79 Å². The lowest BCUT2D eigenvalue weighted by molar-refractivity contribution is 0.0526. The largest absolute Gasteiger partial charge is 0.508 e. The fraction of sp³-hybridized carbons (Fsp3) is 0.619. The number of fused-ring (bicyclic) bond motifs is 2. The van der Waals surface area contributed by atoms with E-state index in [-0.39, 0.29) is 35.6 Å². The van der Waals surface area contributed by atoms with Crippen LogP contribution < -0.4 is 16.0 Å².